The molecule has 1 aliphatic rings. The van der Waals surface area contributed by atoms with E-state index in [2.05, 4.69) is 34.7 Å². The Labute approximate surface area is 161 Å². The summed E-state index contributed by atoms with van der Waals surface area (Å²) in [5.74, 6) is -0.0246. The van der Waals surface area contributed by atoms with Gasteiger partial charge in [-0.05, 0) is 44.8 Å². The zero-order valence-electron chi connectivity index (χ0n) is 15.5. The van der Waals surface area contributed by atoms with Gasteiger partial charge in [0, 0.05) is 13.1 Å². The lowest BCUT2D eigenvalue weighted by Gasteiger charge is -2.24. The summed E-state index contributed by atoms with van der Waals surface area (Å²) >= 11 is 0. The Kier molecular flexibility index (Phi) is 7.60. The molecule has 2 aromatic rings. The molecule has 1 aromatic heterocycles. The largest absolute Gasteiger partial charge is 0.333 e. The van der Waals surface area contributed by atoms with Crippen molar-refractivity contribution in [3.63, 3.8) is 0 Å². The third-order valence-electron chi connectivity index (χ3n) is 4.78. The van der Waals surface area contributed by atoms with E-state index in [9.17, 15) is 4.79 Å². The summed E-state index contributed by atoms with van der Waals surface area (Å²) in [6.07, 6.45) is 2.97. The van der Waals surface area contributed by atoms with Gasteiger partial charge in [0.15, 0.2) is 5.69 Å². The molecule has 1 saturated heterocycles. The Balaban J connectivity index is 0.00000243. The lowest BCUT2D eigenvalue weighted by Crippen LogP contribution is -2.32. The summed E-state index contributed by atoms with van der Waals surface area (Å²) in [5, 5.41) is 11.9. The van der Waals surface area contributed by atoms with E-state index in [-0.39, 0.29) is 18.3 Å². The molecule has 0 unspecified atom stereocenters. The minimum atomic E-state index is -0.0246. The van der Waals surface area contributed by atoms with E-state index >= 15 is 0 Å². The standard InChI is InChI=1S/C19H27N5O.ClH/c1-3-13-23(14-16-7-5-4-6-8-16)19(25)18-15(2)24(22-21-18)17-9-11-20-12-10-17;/h4-8,17,20H,3,9-14H2,1-2H3;1H. The molecule has 1 amide bonds. The molecule has 0 radical (unpaired) electrons. The Morgan fingerprint density at radius 3 is 2.62 bits per heavy atom. The van der Waals surface area contributed by atoms with Crippen molar-refractivity contribution in [3.05, 3.63) is 47.3 Å². The van der Waals surface area contributed by atoms with E-state index in [1.54, 1.807) is 0 Å². The fourth-order valence-corrected chi connectivity index (χ4v) is 3.41. The van der Waals surface area contributed by atoms with Crippen molar-refractivity contribution < 1.29 is 4.79 Å². The SMILES string of the molecule is CCCN(Cc1ccccc1)C(=O)c1nnn(C2CCNCC2)c1C.Cl. The van der Waals surface area contributed by atoms with Crippen molar-refractivity contribution in [2.75, 3.05) is 19.6 Å². The van der Waals surface area contributed by atoms with Crippen LogP contribution in [0.1, 0.15) is 54.0 Å². The maximum atomic E-state index is 13.1. The highest BCUT2D eigenvalue weighted by Gasteiger charge is 2.25. The number of nitrogens with zero attached hydrogens (tertiary/aromatic N) is 4. The van der Waals surface area contributed by atoms with E-state index in [0.717, 1.165) is 43.6 Å². The first kappa shape index (κ1) is 20.4. The first-order valence-corrected chi connectivity index (χ1v) is 9.16. The summed E-state index contributed by atoms with van der Waals surface area (Å²) in [7, 11) is 0. The quantitative estimate of drug-likeness (QED) is 0.840. The normalized spacial score (nSPS) is 14.7. The molecular weight excluding hydrogens is 350 g/mol. The molecule has 1 aliphatic heterocycles. The highest BCUT2D eigenvalue weighted by molar-refractivity contribution is 5.93. The molecule has 0 saturated carbocycles. The Morgan fingerprint density at radius 1 is 1.27 bits per heavy atom. The Morgan fingerprint density at radius 2 is 1.96 bits per heavy atom. The van der Waals surface area contributed by atoms with Crippen LogP contribution in [-0.2, 0) is 6.54 Å². The van der Waals surface area contributed by atoms with Gasteiger partial charge in [0.2, 0.25) is 0 Å². The third-order valence-corrected chi connectivity index (χ3v) is 4.78. The fraction of sp³-hybridized carbons (Fsp3) is 0.526. The average Bonchev–Trinajstić information content (AvgIpc) is 3.04. The summed E-state index contributed by atoms with van der Waals surface area (Å²) in [4.78, 5) is 14.9. The number of carbonyl (C=O) groups is 1. The molecule has 0 spiro atoms. The van der Waals surface area contributed by atoms with E-state index in [1.165, 1.54) is 0 Å². The zero-order chi connectivity index (χ0) is 17.6. The van der Waals surface area contributed by atoms with Crippen LogP contribution in [0.15, 0.2) is 30.3 Å². The van der Waals surface area contributed by atoms with Gasteiger partial charge >= 0.3 is 0 Å². The van der Waals surface area contributed by atoms with Crippen LogP contribution in [0.4, 0.5) is 0 Å². The van der Waals surface area contributed by atoms with E-state index < -0.39 is 0 Å². The minimum Gasteiger partial charge on any atom is -0.333 e. The predicted molar refractivity (Wildman–Crippen MR) is 105 cm³/mol. The first-order chi connectivity index (χ1) is 12.2. The number of nitrogens with one attached hydrogen (secondary N) is 1. The van der Waals surface area contributed by atoms with Crippen LogP contribution < -0.4 is 5.32 Å². The molecule has 0 atom stereocenters. The van der Waals surface area contributed by atoms with E-state index in [1.807, 2.05) is 34.7 Å². The molecule has 0 bridgehead atoms. The van der Waals surface area contributed by atoms with Gasteiger partial charge in [0.05, 0.1) is 11.7 Å². The highest BCUT2D eigenvalue weighted by atomic mass is 35.5. The second kappa shape index (κ2) is 9.69. The minimum absolute atomic E-state index is 0. The Hall–Kier alpha value is -1.92. The average molecular weight is 378 g/mol. The molecule has 142 valence electrons. The van der Waals surface area contributed by atoms with Gasteiger partial charge in [-0.2, -0.15) is 0 Å². The van der Waals surface area contributed by atoms with Gasteiger partial charge in [-0.3, -0.25) is 4.79 Å². The predicted octanol–water partition coefficient (Wildman–Crippen LogP) is 2.99. The number of carbonyl (C=O) groups excluding carboxylic acids is 1. The van der Waals surface area contributed by atoms with Gasteiger partial charge in [0.25, 0.3) is 5.91 Å². The molecule has 2 heterocycles. The maximum Gasteiger partial charge on any atom is 0.276 e. The third kappa shape index (κ3) is 4.62. The molecule has 1 aromatic carbocycles. The van der Waals surface area contributed by atoms with Crippen LogP contribution >= 0.6 is 12.4 Å². The van der Waals surface area contributed by atoms with Crippen LogP contribution in [-0.4, -0.2) is 45.4 Å². The number of piperidine rings is 1. The van der Waals surface area contributed by atoms with Gasteiger partial charge in [-0.15, -0.1) is 17.5 Å². The van der Waals surface area contributed by atoms with Crippen LogP contribution in [0, 0.1) is 6.92 Å². The van der Waals surface area contributed by atoms with Crippen molar-refractivity contribution in [1.29, 1.82) is 0 Å². The molecular formula is C19H28ClN5O. The van der Waals surface area contributed by atoms with Gasteiger partial charge in [-0.1, -0.05) is 42.5 Å². The molecule has 1 N–H and O–H groups in total. The van der Waals surface area contributed by atoms with Crippen molar-refractivity contribution >= 4 is 18.3 Å². The lowest BCUT2D eigenvalue weighted by atomic mass is 10.1. The highest BCUT2D eigenvalue weighted by Crippen LogP contribution is 2.21. The van der Waals surface area contributed by atoms with Crippen LogP contribution in [0.2, 0.25) is 0 Å². The number of aromatic nitrogens is 3. The van der Waals surface area contributed by atoms with Gasteiger partial charge < -0.3 is 10.2 Å². The monoisotopic (exact) mass is 377 g/mol. The molecule has 26 heavy (non-hydrogen) atoms. The number of amides is 1. The molecule has 0 aliphatic carbocycles. The molecule has 6 nitrogen and oxygen atoms in total. The van der Waals surface area contributed by atoms with Crippen LogP contribution in [0.25, 0.3) is 0 Å². The summed E-state index contributed by atoms with van der Waals surface area (Å²) in [6.45, 7) is 7.35. The van der Waals surface area contributed by atoms with Gasteiger partial charge in [-0.25, -0.2) is 4.68 Å². The topological polar surface area (TPSA) is 63.1 Å². The van der Waals surface area contributed by atoms with Crippen molar-refractivity contribution in [2.24, 2.45) is 0 Å². The van der Waals surface area contributed by atoms with E-state index in [0.29, 0.717) is 24.8 Å². The maximum absolute atomic E-state index is 13.1. The second-order valence-corrected chi connectivity index (χ2v) is 6.66. The summed E-state index contributed by atoms with van der Waals surface area (Å²) in [5.41, 5.74) is 2.50. The lowest BCUT2D eigenvalue weighted by molar-refractivity contribution is 0.0736. The van der Waals surface area contributed by atoms with Crippen molar-refractivity contribution in [1.82, 2.24) is 25.2 Å². The number of rotatable bonds is 6. The van der Waals surface area contributed by atoms with Crippen molar-refractivity contribution in [3.8, 4) is 0 Å². The second-order valence-electron chi connectivity index (χ2n) is 6.66. The smallest absolute Gasteiger partial charge is 0.276 e. The van der Waals surface area contributed by atoms with Crippen LogP contribution in [0.5, 0.6) is 0 Å². The fourth-order valence-electron chi connectivity index (χ4n) is 3.41. The van der Waals surface area contributed by atoms with Crippen molar-refractivity contribution in [2.45, 2.75) is 45.7 Å². The van der Waals surface area contributed by atoms with E-state index in [4.69, 9.17) is 0 Å². The first-order valence-electron chi connectivity index (χ1n) is 9.16. The number of halogens is 1. The summed E-state index contributed by atoms with van der Waals surface area (Å²) < 4.78 is 1.95. The van der Waals surface area contributed by atoms with Gasteiger partial charge in [0.1, 0.15) is 0 Å². The number of benzene rings is 1. The summed E-state index contributed by atoms with van der Waals surface area (Å²) in [6, 6.07) is 10.4. The number of hydrogen-bond acceptors (Lipinski definition) is 4. The number of hydrogen-bond donors (Lipinski definition) is 1. The molecule has 7 heteroatoms. The zero-order valence-corrected chi connectivity index (χ0v) is 16.3. The Bertz CT molecular complexity index is 697. The molecule has 1 fully saturated rings. The van der Waals surface area contributed by atoms with Crippen LogP contribution in [0.3, 0.4) is 0 Å². The molecule has 3 rings (SSSR count).